The highest BCUT2D eigenvalue weighted by Crippen LogP contribution is 2.37. The van der Waals surface area contributed by atoms with Gasteiger partial charge in [0.2, 0.25) is 5.91 Å². The van der Waals surface area contributed by atoms with Gasteiger partial charge in [0.05, 0.1) is 12.1 Å². The summed E-state index contributed by atoms with van der Waals surface area (Å²) < 4.78 is 6.06. The number of hydrogen-bond acceptors (Lipinski definition) is 5. The summed E-state index contributed by atoms with van der Waals surface area (Å²) in [6.07, 6.45) is 1.22. The summed E-state index contributed by atoms with van der Waals surface area (Å²) in [6, 6.07) is 12.5. The second-order valence-electron chi connectivity index (χ2n) is 6.39. The number of carbonyl (C=O) groups is 2. The quantitative estimate of drug-likeness (QED) is 0.426. The number of hydrogen-bond donors (Lipinski definition) is 3. The second kappa shape index (κ2) is 9.88. The third kappa shape index (κ3) is 5.27. The van der Waals surface area contributed by atoms with Crippen LogP contribution in [0.3, 0.4) is 0 Å². The molecule has 0 saturated carbocycles. The molecule has 156 valence electrons. The summed E-state index contributed by atoms with van der Waals surface area (Å²) in [5.74, 6) is 0.238. The van der Waals surface area contributed by atoms with Crippen molar-refractivity contribution in [3.8, 4) is 5.75 Å². The number of amides is 2. The first-order chi connectivity index (χ1) is 14.4. The van der Waals surface area contributed by atoms with Gasteiger partial charge in [0.25, 0.3) is 5.91 Å². The van der Waals surface area contributed by atoms with Crippen LogP contribution in [0.4, 0.5) is 11.4 Å². The van der Waals surface area contributed by atoms with Crippen LogP contribution in [-0.2, 0) is 4.79 Å². The standard InChI is InChI=1S/C21H20ClN3O3S2/c1-3-5-17(26)23-12-6-4-7-13(10-12)24-21(29)25-20(27)19-18(22)15-9-8-14(28-2)11-16(15)30-19/h4,6-11H,3,5H2,1-2H3,(H,23,26)(H2,24,25,27,29). The molecule has 3 N–H and O–H groups in total. The average molecular weight is 462 g/mol. The van der Waals surface area contributed by atoms with Crippen molar-refractivity contribution in [2.75, 3.05) is 17.7 Å². The maximum absolute atomic E-state index is 12.7. The van der Waals surface area contributed by atoms with Gasteiger partial charge in [-0.15, -0.1) is 11.3 Å². The Hall–Kier alpha value is -2.68. The number of carbonyl (C=O) groups excluding carboxylic acids is 2. The zero-order valence-corrected chi connectivity index (χ0v) is 18.8. The van der Waals surface area contributed by atoms with Crippen LogP contribution in [0.25, 0.3) is 10.1 Å². The van der Waals surface area contributed by atoms with Crippen LogP contribution >= 0.6 is 35.2 Å². The first-order valence-electron chi connectivity index (χ1n) is 9.19. The number of thiophene rings is 1. The van der Waals surface area contributed by atoms with Crippen LogP contribution in [0, 0.1) is 0 Å². The minimum absolute atomic E-state index is 0.0541. The third-order valence-electron chi connectivity index (χ3n) is 4.15. The molecule has 0 radical (unpaired) electrons. The Morgan fingerprint density at radius 2 is 1.87 bits per heavy atom. The van der Waals surface area contributed by atoms with E-state index < -0.39 is 5.91 Å². The fraction of sp³-hybridized carbons (Fsp3) is 0.190. The largest absolute Gasteiger partial charge is 0.497 e. The van der Waals surface area contributed by atoms with Gasteiger partial charge in [0, 0.05) is 27.9 Å². The number of ether oxygens (including phenoxy) is 1. The van der Waals surface area contributed by atoms with Gasteiger partial charge >= 0.3 is 0 Å². The topological polar surface area (TPSA) is 79.5 Å². The Kier molecular flexibility index (Phi) is 7.25. The van der Waals surface area contributed by atoms with Gasteiger partial charge in [-0.05, 0) is 55.0 Å². The van der Waals surface area contributed by atoms with Gasteiger partial charge < -0.3 is 15.4 Å². The number of thiocarbonyl (C=S) groups is 1. The summed E-state index contributed by atoms with van der Waals surface area (Å²) >= 11 is 12.9. The van der Waals surface area contributed by atoms with Gasteiger partial charge in [-0.1, -0.05) is 24.6 Å². The van der Waals surface area contributed by atoms with Crippen LogP contribution in [0.15, 0.2) is 42.5 Å². The van der Waals surface area contributed by atoms with Crippen molar-refractivity contribution in [3.05, 3.63) is 52.4 Å². The lowest BCUT2D eigenvalue weighted by Crippen LogP contribution is -2.33. The minimum Gasteiger partial charge on any atom is -0.497 e. The van der Waals surface area contributed by atoms with E-state index in [2.05, 4.69) is 16.0 Å². The highest BCUT2D eigenvalue weighted by atomic mass is 35.5. The molecule has 30 heavy (non-hydrogen) atoms. The molecule has 0 aliphatic carbocycles. The molecular weight excluding hydrogens is 442 g/mol. The number of methoxy groups -OCH3 is 1. The zero-order chi connectivity index (χ0) is 21.7. The lowest BCUT2D eigenvalue weighted by atomic mass is 10.2. The highest BCUT2D eigenvalue weighted by Gasteiger charge is 2.18. The fourth-order valence-corrected chi connectivity index (χ4v) is 4.42. The molecular formula is C21H20ClN3O3S2. The average Bonchev–Trinajstić information content (AvgIpc) is 3.04. The summed E-state index contributed by atoms with van der Waals surface area (Å²) in [7, 11) is 1.58. The lowest BCUT2D eigenvalue weighted by molar-refractivity contribution is -0.116. The van der Waals surface area contributed by atoms with Gasteiger partial charge in [-0.3, -0.25) is 14.9 Å². The van der Waals surface area contributed by atoms with Crippen molar-refractivity contribution >= 4 is 73.5 Å². The molecule has 0 fully saturated rings. The monoisotopic (exact) mass is 461 g/mol. The third-order valence-corrected chi connectivity index (χ3v) is 6.01. The minimum atomic E-state index is -0.398. The summed E-state index contributed by atoms with van der Waals surface area (Å²) in [5, 5.41) is 9.69. The molecule has 2 aromatic carbocycles. The number of halogens is 1. The van der Waals surface area contributed by atoms with E-state index in [4.69, 9.17) is 28.6 Å². The first-order valence-corrected chi connectivity index (χ1v) is 10.8. The predicted octanol–water partition coefficient (Wildman–Crippen LogP) is 5.43. The molecule has 9 heteroatoms. The first kappa shape index (κ1) is 22.0. The Bertz CT molecular complexity index is 1110. The van der Waals surface area contributed by atoms with Gasteiger partial charge in [-0.25, -0.2) is 0 Å². The maximum atomic E-state index is 12.7. The summed E-state index contributed by atoms with van der Waals surface area (Å²) in [4.78, 5) is 24.8. The maximum Gasteiger partial charge on any atom is 0.269 e. The molecule has 1 aromatic heterocycles. The van der Waals surface area contributed by atoms with E-state index in [1.165, 1.54) is 11.3 Å². The second-order valence-corrected chi connectivity index (χ2v) is 8.23. The SMILES string of the molecule is CCCC(=O)Nc1cccc(NC(=S)NC(=O)c2sc3cc(OC)ccc3c2Cl)c1. The van der Waals surface area contributed by atoms with Crippen molar-refractivity contribution in [2.24, 2.45) is 0 Å². The van der Waals surface area contributed by atoms with Gasteiger partial charge in [0.1, 0.15) is 10.6 Å². The van der Waals surface area contributed by atoms with Crippen molar-refractivity contribution < 1.29 is 14.3 Å². The number of fused-ring (bicyclic) bond motifs is 1. The molecule has 0 unspecified atom stereocenters. The molecule has 2 amide bonds. The van der Waals surface area contributed by atoms with Crippen molar-refractivity contribution in [1.29, 1.82) is 0 Å². The molecule has 0 aliphatic rings. The van der Waals surface area contributed by atoms with Crippen LogP contribution in [0.5, 0.6) is 5.75 Å². The molecule has 0 bridgehead atoms. The van der Waals surface area contributed by atoms with E-state index in [1.807, 2.05) is 19.1 Å². The number of anilines is 2. The van der Waals surface area contributed by atoms with Crippen LogP contribution in [0.1, 0.15) is 29.4 Å². The molecule has 3 rings (SSSR count). The molecule has 1 heterocycles. The molecule has 0 saturated heterocycles. The highest BCUT2D eigenvalue weighted by molar-refractivity contribution is 7.80. The Labute approximate surface area is 188 Å². The van der Waals surface area contributed by atoms with Crippen molar-refractivity contribution in [2.45, 2.75) is 19.8 Å². The molecule has 0 aliphatic heterocycles. The normalized spacial score (nSPS) is 10.5. The Balaban J connectivity index is 1.68. The number of rotatable bonds is 6. The zero-order valence-electron chi connectivity index (χ0n) is 16.4. The summed E-state index contributed by atoms with van der Waals surface area (Å²) in [6.45, 7) is 1.94. The molecule has 0 spiro atoms. The smallest absolute Gasteiger partial charge is 0.269 e. The van der Waals surface area contributed by atoms with E-state index in [0.717, 1.165) is 16.5 Å². The van der Waals surface area contributed by atoms with Crippen LogP contribution < -0.4 is 20.7 Å². The number of benzene rings is 2. The van der Waals surface area contributed by atoms with Gasteiger partial charge in [0.15, 0.2) is 5.11 Å². The van der Waals surface area contributed by atoms with E-state index in [-0.39, 0.29) is 11.0 Å². The van der Waals surface area contributed by atoms with E-state index in [9.17, 15) is 9.59 Å². The summed E-state index contributed by atoms with van der Waals surface area (Å²) in [5.41, 5.74) is 1.29. The van der Waals surface area contributed by atoms with E-state index in [1.54, 1.807) is 37.4 Å². The van der Waals surface area contributed by atoms with Crippen LogP contribution in [0.2, 0.25) is 5.02 Å². The molecule has 0 atom stereocenters. The van der Waals surface area contributed by atoms with E-state index >= 15 is 0 Å². The Morgan fingerprint density at radius 3 is 2.57 bits per heavy atom. The van der Waals surface area contributed by atoms with Crippen LogP contribution in [-0.4, -0.2) is 24.0 Å². The van der Waals surface area contributed by atoms with Crippen molar-refractivity contribution in [1.82, 2.24) is 5.32 Å². The fourth-order valence-electron chi connectivity index (χ4n) is 2.77. The molecule has 3 aromatic rings. The predicted molar refractivity (Wildman–Crippen MR) is 127 cm³/mol. The number of nitrogens with one attached hydrogen (secondary N) is 3. The van der Waals surface area contributed by atoms with Gasteiger partial charge in [-0.2, -0.15) is 0 Å². The molecule has 6 nitrogen and oxygen atoms in total. The lowest BCUT2D eigenvalue weighted by Gasteiger charge is -2.11. The van der Waals surface area contributed by atoms with Crippen molar-refractivity contribution in [3.63, 3.8) is 0 Å². The Morgan fingerprint density at radius 1 is 1.13 bits per heavy atom. The van der Waals surface area contributed by atoms with E-state index in [0.29, 0.717) is 33.4 Å².